The Morgan fingerprint density at radius 2 is 0.741 bits per heavy atom. The molecule has 19 rings (SSSR count). The minimum atomic E-state index is -0.338. The van der Waals surface area contributed by atoms with Crippen molar-refractivity contribution in [3.63, 3.8) is 0 Å². The molecule has 742 valence electrons. The maximum absolute atomic E-state index is 12.8. The van der Waals surface area contributed by atoms with Crippen molar-refractivity contribution >= 4 is 84.6 Å². The van der Waals surface area contributed by atoms with Crippen LogP contribution in [0.4, 0.5) is 28.7 Å². The molecule has 4 aromatic carbocycles. The summed E-state index contributed by atoms with van der Waals surface area (Å²) in [5.41, 5.74) is 15.5. The van der Waals surface area contributed by atoms with Crippen molar-refractivity contribution in [1.82, 2.24) is 74.7 Å². The standard InChI is InChI=1S/C28H39N3O5.C26H34N6O3.C26H34N6O2.C26H33N5O3/c1-19(2)14-21(28(33)34-3)16-23(32)15-20-4-6-24(7-5-20)36-26-18-22(31-10-12-35-13-11-31)17-25-27(26)30-9-8-29-25;1-31(2)26-29-17-24(33-3)21(30-26)14-18-4-6-20(7-5-18)35-23-16-19(32-10-12-34-13-11-32)15-22-25(23)28-9-8-27-22;1-31(2)17-21-14-20(29-18-30-21)13-19-3-5-23(6-4-19)34-25-16-22(32-9-11-33-12-10-32)15-24-26(25)28-8-7-27-24;1-3-25-29-17-24(32-2)21(30-25)14-18-4-6-20(7-5-18)34-23-16-19(31-10-12-33-13-11-31)15-22-26(23)28-9-8-27-22/h8-9,17-21,24H,4-7,10-16H2,1-3H3;8-9,15-18,20H,4-7,10-14H2,1-3H3;7-8,14-16,18-19,23H,3-6,9-13,17H2,1-2H3;8-9,15-18,20H,3-7,10-14H2,1-2H3/t20?,21-,24?;;;/m1.../s1. The fourth-order valence-electron chi connectivity index (χ4n) is 20.4. The van der Waals surface area contributed by atoms with Crippen molar-refractivity contribution in [3.05, 3.63) is 151 Å². The number of fused-ring (bicyclic) bond motifs is 4. The number of carbonyl (C=O) groups excluding carboxylic acids is 2. The van der Waals surface area contributed by atoms with E-state index in [0.717, 1.165) is 370 Å². The molecular weight excluding hydrogens is 1760 g/mol. The van der Waals surface area contributed by atoms with Gasteiger partial charge < -0.3 is 81.5 Å². The Morgan fingerprint density at radius 1 is 0.396 bits per heavy atom. The van der Waals surface area contributed by atoms with Crippen LogP contribution in [0.2, 0.25) is 0 Å². The van der Waals surface area contributed by atoms with Crippen LogP contribution in [0, 0.1) is 35.5 Å². The number of benzene rings is 4. The van der Waals surface area contributed by atoms with Gasteiger partial charge in [-0.1, -0.05) is 20.8 Å². The van der Waals surface area contributed by atoms with Crippen molar-refractivity contribution in [2.24, 2.45) is 35.5 Å². The van der Waals surface area contributed by atoms with Gasteiger partial charge >= 0.3 is 5.97 Å². The molecule has 1 atom stereocenters. The van der Waals surface area contributed by atoms with Crippen LogP contribution in [0.5, 0.6) is 34.5 Å². The maximum atomic E-state index is 12.8. The molecule has 4 aliphatic carbocycles. The zero-order valence-electron chi connectivity index (χ0n) is 82.9. The van der Waals surface area contributed by atoms with Gasteiger partial charge in [0.2, 0.25) is 5.95 Å². The Morgan fingerprint density at radius 3 is 1.09 bits per heavy atom. The number of rotatable bonds is 31. The molecule has 33 heteroatoms. The highest BCUT2D eigenvalue weighted by Crippen LogP contribution is 2.42. The molecule has 11 aromatic rings. The second-order valence-electron chi connectivity index (χ2n) is 38.8. The van der Waals surface area contributed by atoms with Crippen LogP contribution in [-0.2, 0) is 65.5 Å². The molecule has 4 aliphatic heterocycles. The third kappa shape index (κ3) is 27.9. The van der Waals surface area contributed by atoms with Gasteiger partial charge in [-0.15, -0.1) is 0 Å². The second kappa shape index (κ2) is 49.9. The first-order valence-corrected chi connectivity index (χ1v) is 50.4. The predicted molar refractivity (Wildman–Crippen MR) is 536 cm³/mol. The monoisotopic (exact) mass is 1900 g/mol. The van der Waals surface area contributed by atoms with Crippen molar-refractivity contribution in [2.75, 3.05) is 179 Å². The van der Waals surface area contributed by atoms with E-state index in [9.17, 15) is 9.59 Å². The molecule has 0 radical (unpaired) electrons. The molecule has 11 heterocycles. The molecule has 8 fully saturated rings. The SMILES string of the molecule is CCc1ncc(OC)c(CC2CCC(Oc3cc(N4CCOCC4)cc4nccnc34)CC2)n1.CN(C)Cc1cc(CC2CCC(Oc3cc(N4CCOCC4)cc4nccnc34)CC2)ncn1.COC(=O)[C@@H](CC(=O)CC1CCC(Oc2cc(N3CCOCC3)cc3nccnc23)CC1)CC(C)C.COc1cnc(N(C)C)nc1CC1CCC(Oc2cc(N3CCOCC3)cc3nccnc23)CC1. The van der Waals surface area contributed by atoms with Crippen molar-refractivity contribution in [1.29, 1.82) is 0 Å². The van der Waals surface area contributed by atoms with Gasteiger partial charge in [0.1, 0.15) is 63.0 Å². The van der Waals surface area contributed by atoms with E-state index >= 15 is 0 Å². The molecule has 139 heavy (non-hydrogen) atoms. The third-order valence-electron chi connectivity index (χ3n) is 27.8. The smallest absolute Gasteiger partial charge is 0.309 e. The largest absolute Gasteiger partial charge is 0.493 e. The zero-order chi connectivity index (χ0) is 96.4. The minimum Gasteiger partial charge on any atom is -0.493 e. The van der Waals surface area contributed by atoms with E-state index in [1.807, 2.05) is 25.2 Å². The van der Waals surface area contributed by atoms with Gasteiger partial charge in [0.05, 0.1) is 156 Å². The van der Waals surface area contributed by atoms with E-state index in [4.69, 9.17) is 62.1 Å². The number of methoxy groups -OCH3 is 3. The average Bonchev–Trinajstić information content (AvgIpc) is 0.801. The number of Topliss-reactive ketones (excluding diaryl/α,β-unsaturated/α-hetero) is 1. The van der Waals surface area contributed by atoms with Crippen LogP contribution < -0.4 is 52.9 Å². The summed E-state index contributed by atoms with van der Waals surface area (Å²) in [4.78, 5) is 102. The first-order valence-electron chi connectivity index (χ1n) is 50.4. The third-order valence-corrected chi connectivity index (χ3v) is 27.8. The fraction of sp³-hybridized carbons (Fsp3) is 0.566. The van der Waals surface area contributed by atoms with E-state index in [2.05, 4.69) is 174 Å². The quantitative estimate of drug-likeness (QED) is 0.0364. The molecule has 0 bridgehead atoms. The highest BCUT2D eigenvalue weighted by molar-refractivity contribution is 5.89. The molecule has 0 spiro atoms. The fourth-order valence-corrected chi connectivity index (χ4v) is 20.4. The molecule has 4 saturated carbocycles. The molecule has 0 N–H and O–H groups in total. The number of morpholine rings is 4. The molecular formula is C106H140N20O13. The van der Waals surface area contributed by atoms with E-state index in [1.54, 1.807) is 76.3 Å². The lowest BCUT2D eigenvalue weighted by Gasteiger charge is -2.31. The normalized spacial score (nSPS) is 21.0. The van der Waals surface area contributed by atoms with Crippen LogP contribution >= 0.6 is 0 Å². The number of aromatic nitrogens is 14. The minimum absolute atomic E-state index is 0.0882. The van der Waals surface area contributed by atoms with Crippen molar-refractivity contribution < 1.29 is 61.7 Å². The summed E-state index contributed by atoms with van der Waals surface area (Å²) in [6.45, 7) is 19.9. The van der Waals surface area contributed by atoms with Gasteiger partial charge in [-0.25, -0.2) is 49.8 Å². The Kier molecular flexibility index (Phi) is 35.9. The topological polar surface area (TPSA) is 336 Å². The number of esters is 1. The molecule has 8 aliphatic rings. The lowest BCUT2D eigenvalue weighted by molar-refractivity contribution is -0.148. The van der Waals surface area contributed by atoms with E-state index < -0.39 is 0 Å². The molecule has 33 nitrogen and oxygen atoms in total. The van der Waals surface area contributed by atoms with Gasteiger partial charge in [-0.2, -0.15) is 0 Å². The molecule has 7 aromatic heterocycles. The Labute approximate surface area is 816 Å². The first-order chi connectivity index (χ1) is 67.9. The predicted octanol–water partition coefficient (Wildman–Crippen LogP) is 15.6. The highest BCUT2D eigenvalue weighted by atomic mass is 16.5. The van der Waals surface area contributed by atoms with Gasteiger partial charge in [0, 0.05) is 195 Å². The summed E-state index contributed by atoms with van der Waals surface area (Å²) in [6.07, 6.45) is 41.4. The van der Waals surface area contributed by atoms with Gasteiger partial charge in [-0.05, 0) is 202 Å². The van der Waals surface area contributed by atoms with Crippen LogP contribution in [0.25, 0.3) is 44.1 Å². The van der Waals surface area contributed by atoms with Crippen LogP contribution in [0.1, 0.15) is 171 Å². The number of aryl methyl sites for hydroxylation is 1. The first kappa shape index (κ1) is 100. The lowest BCUT2D eigenvalue weighted by atomic mass is 9.82. The van der Waals surface area contributed by atoms with Crippen LogP contribution in [0.15, 0.2) is 123 Å². The van der Waals surface area contributed by atoms with Gasteiger partial charge in [0.25, 0.3) is 0 Å². The Balaban J connectivity index is 0.000000134. The summed E-state index contributed by atoms with van der Waals surface area (Å²) in [5.74, 6) is 8.42. The second-order valence-corrected chi connectivity index (χ2v) is 38.8. The summed E-state index contributed by atoms with van der Waals surface area (Å²) in [7, 11) is 12.8. The number of ketones is 1. The van der Waals surface area contributed by atoms with Crippen molar-refractivity contribution in [2.45, 2.75) is 199 Å². The number of carbonyl (C=O) groups is 2. The summed E-state index contributed by atoms with van der Waals surface area (Å²) >= 11 is 0. The molecule has 4 saturated heterocycles. The Hall–Kier alpha value is -11.8. The lowest BCUT2D eigenvalue weighted by Crippen LogP contribution is -2.36. The zero-order valence-corrected chi connectivity index (χ0v) is 82.9. The molecule has 0 amide bonds. The van der Waals surface area contributed by atoms with E-state index in [0.29, 0.717) is 48.4 Å². The number of ether oxygens (including phenoxy) is 11. The van der Waals surface area contributed by atoms with Crippen LogP contribution in [-0.4, -0.2) is 266 Å². The van der Waals surface area contributed by atoms with E-state index in [-0.39, 0.29) is 48.5 Å². The van der Waals surface area contributed by atoms with Crippen molar-refractivity contribution in [3.8, 4) is 34.5 Å². The Bertz CT molecular complexity index is 5770. The molecule has 0 unspecified atom stereocenters. The number of hydrogen-bond donors (Lipinski definition) is 0. The van der Waals surface area contributed by atoms with E-state index in [1.165, 1.54) is 7.11 Å². The number of nitrogens with zero attached hydrogens (tertiary/aromatic N) is 20. The van der Waals surface area contributed by atoms with Gasteiger partial charge in [0.15, 0.2) is 11.5 Å². The summed E-state index contributed by atoms with van der Waals surface area (Å²) < 4.78 is 64.3. The average molecular weight is 1900 g/mol. The highest BCUT2D eigenvalue weighted by Gasteiger charge is 2.34. The van der Waals surface area contributed by atoms with Crippen LogP contribution in [0.3, 0.4) is 0 Å². The van der Waals surface area contributed by atoms with Gasteiger partial charge in [-0.3, -0.25) is 29.5 Å². The summed E-state index contributed by atoms with van der Waals surface area (Å²) in [6, 6.07) is 19.0. The summed E-state index contributed by atoms with van der Waals surface area (Å²) in [5, 5.41) is 0. The number of anilines is 5. The number of hydrogen-bond acceptors (Lipinski definition) is 33. The maximum Gasteiger partial charge on any atom is 0.309 e.